The van der Waals surface area contributed by atoms with E-state index < -0.39 is 35.1 Å². The van der Waals surface area contributed by atoms with Gasteiger partial charge in [-0.1, -0.05) is 36.4 Å². The van der Waals surface area contributed by atoms with Crippen molar-refractivity contribution < 1.29 is 31.1 Å². The van der Waals surface area contributed by atoms with Gasteiger partial charge in [0, 0.05) is 12.6 Å². The highest BCUT2D eigenvalue weighted by Crippen LogP contribution is 2.40. The van der Waals surface area contributed by atoms with Gasteiger partial charge in [-0.2, -0.15) is 31.4 Å². The molecule has 0 atom stereocenters. The second-order valence-corrected chi connectivity index (χ2v) is 6.08. The summed E-state index contributed by atoms with van der Waals surface area (Å²) in [6.07, 6.45) is -8.76. The van der Waals surface area contributed by atoms with Gasteiger partial charge in [-0.3, -0.25) is 9.89 Å². The van der Waals surface area contributed by atoms with Crippen molar-refractivity contribution in [2.75, 3.05) is 11.9 Å². The molecule has 1 amide bonds. The molecule has 2 aromatic carbocycles. The number of carbonyl (C=O) groups is 1. The predicted molar refractivity (Wildman–Crippen MR) is 93.2 cm³/mol. The van der Waals surface area contributed by atoms with E-state index in [2.05, 4.69) is 5.10 Å². The molecule has 0 bridgehead atoms. The molecule has 0 saturated carbocycles. The van der Waals surface area contributed by atoms with Crippen LogP contribution < -0.4 is 4.90 Å². The molecule has 0 aliphatic heterocycles. The molecule has 1 N–H and O–H groups in total. The van der Waals surface area contributed by atoms with Gasteiger partial charge in [-0.05, 0) is 17.7 Å². The Morgan fingerprint density at radius 1 is 0.897 bits per heavy atom. The summed E-state index contributed by atoms with van der Waals surface area (Å²) >= 11 is 0. The monoisotopic (exact) mass is 413 g/mol. The SMILES string of the molecule is CN(C(=O)c1cn[nH]c1C(F)(F)F)c1ccccc1-c1ccccc1C(F)(F)F. The zero-order valence-corrected chi connectivity index (χ0v) is 14.8. The number of rotatable bonds is 3. The lowest BCUT2D eigenvalue weighted by Gasteiger charge is -2.22. The van der Waals surface area contributed by atoms with Crippen LogP contribution in [-0.4, -0.2) is 23.2 Å². The maximum atomic E-state index is 13.4. The number of nitrogens with one attached hydrogen (secondary N) is 1. The Hall–Kier alpha value is -3.30. The van der Waals surface area contributed by atoms with Gasteiger partial charge in [0.2, 0.25) is 0 Å². The predicted octanol–water partition coefficient (Wildman–Crippen LogP) is 5.39. The molecule has 10 heteroatoms. The number of amides is 1. The van der Waals surface area contributed by atoms with E-state index in [-0.39, 0.29) is 16.8 Å². The highest BCUT2D eigenvalue weighted by molar-refractivity contribution is 6.08. The van der Waals surface area contributed by atoms with Crippen LogP contribution >= 0.6 is 0 Å². The molecule has 1 heterocycles. The van der Waals surface area contributed by atoms with E-state index in [0.717, 1.165) is 17.2 Å². The summed E-state index contributed by atoms with van der Waals surface area (Å²) in [5, 5.41) is 5.01. The van der Waals surface area contributed by atoms with Gasteiger partial charge in [0.05, 0.1) is 23.0 Å². The van der Waals surface area contributed by atoms with Crippen LogP contribution in [0.25, 0.3) is 11.1 Å². The van der Waals surface area contributed by atoms with Crippen LogP contribution in [0.4, 0.5) is 32.0 Å². The summed E-state index contributed by atoms with van der Waals surface area (Å²) in [5.74, 6) is -1.07. The van der Waals surface area contributed by atoms with Gasteiger partial charge in [0.25, 0.3) is 5.91 Å². The van der Waals surface area contributed by atoms with E-state index in [1.54, 1.807) is 5.10 Å². The summed E-state index contributed by atoms with van der Waals surface area (Å²) in [6.45, 7) is 0. The van der Waals surface area contributed by atoms with E-state index in [4.69, 9.17) is 0 Å². The molecule has 29 heavy (non-hydrogen) atoms. The first-order chi connectivity index (χ1) is 13.5. The molecule has 0 unspecified atom stereocenters. The van der Waals surface area contributed by atoms with E-state index >= 15 is 0 Å². The molecule has 0 radical (unpaired) electrons. The largest absolute Gasteiger partial charge is 0.433 e. The van der Waals surface area contributed by atoms with Crippen LogP contribution in [0.3, 0.4) is 0 Å². The Bertz CT molecular complexity index is 1040. The molecular weight excluding hydrogens is 400 g/mol. The third-order valence-corrected chi connectivity index (χ3v) is 4.25. The molecule has 0 spiro atoms. The zero-order chi connectivity index (χ0) is 21.4. The average molecular weight is 413 g/mol. The van der Waals surface area contributed by atoms with Gasteiger partial charge in [0.1, 0.15) is 0 Å². The second kappa shape index (κ2) is 7.26. The van der Waals surface area contributed by atoms with Gasteiger partial charge in [-0.15, -0.1) is 0 Å². The number of aromatic amines is 1. The quantitative estimate of drug-likeness (QED) is 0.586. The minimum absolute atomic E-state index is 0.0172. The molecule has 152 valence electrons. The number of carbonyl (C=O) groups excluding carboxylic acids is 1. The highest BCUT2D eigenvalue weighted by Gasteiger charge is 2.39. The minimum atomic E-state index is -4.84. The topological polar surface area (TPSA) is 49.0 Å². The lowest BCUT2D eigenvalue weighted by atomic mass is 9.97. The van der Waals surface area contributed by atoms with Gasteiger partial charge < -0.3 is 4.90 Å². The number of benzene rings is 2. The molecule has 0 aliphatic rings. The van der Waals surface area contributed by atoms with Crippen molar-refractivity contribution in [1.29, 1.82) is 0 Å². The van der Waals surface area contributed by atoms with Crippen molar-refractivity contribution >= 4 is 11.6 Å². The van der Waals surface area contributed by atoms with Crippen molar-refractivity contribution in [1.82, 2.24) is 10.2 Å². The number of aromatic nitrogens is 2. The van der Waals surface area contributed by atoms with Gasteiger partial charge in [0.15, 0.2) is 5.69 Å². The summed E-state index contributed by atoms with van der Waals surface area (Å²) in [7, 11) is 1.19. The Kier molecular flexibility index (Phi) is 5.12. The lowest BCUT2D eigenvalue weighted by molar-refractivity contribution is -0.141. The number of alkyl halides is 6. The van der Waals surface area contributed by atoms with Crippen LogP contribution in [0, 0.1) is 0 Å². The third kappa shape index (κ3) is 3.96. The van der Waals surface area contributed by atoms with Crippen molar-refractivity contribution in [3.05, 3.63) is 71.5 Å². The number of hydrogen-bond acceptors (Lipinski definition) is 2. The third-order valence-electron chi connectivity index (χ3n) is 4.25. The Labute approximate surface area is 160 Å². The van der Waals surface area contributed by atoms with Crippen molar-refractivity contribution in [2.24, 2.45) is 0 Å². The first-order valence-corrected chi connectivity index (χ1v) is 8.16. The molecule has 0 fully saturated rings. The Balaban J connectivity index is 2.10. The number of anilines is 1. The minimum Gasteiger partial charge on any atom is -0.311 e. The number of halogens is 6. The van der Waals surface area contributed by atoms with E-state index in [9.17, 15) is 31.1 Å². The van der Waals surface area contributed by atoms with E-state index in [1.165, 1.54) is 49.5 Å². The fraction of sp³-hybridized carbons (Fsp3) is 0.158. The zero-order valence-electron chi connectivity index (χ0n) is 14.8. The van der Waals surface area contributed by atoms with Crippen molar-refractivity contribution in [2.45, 2.75) is 12.4 Å². The molecule has 0 saturated heterocycles. The number of H-pyrrole nitrogens is 1. The van der Waals surface area contributed by atoms with Crippen LogP contribution in [-0.2, 0) is 12.4 Å². The molecule has 1 aromatic heterocycles. The normalized spacial score (nSPS) is 12.1. The molecule has 0 aliphatic carbocycles. The molecule has 4 nitrogen and oxygen atoms in total. The van der Waals surface area contributed by atoms with Crippen molar-refractivity contribution in [3.63, 3.8) is 0 Å². The fourth-order valence-corrected chi connectivity index (χ4v) is 2.91. The smallest absolute Gasteiger partial charge is 0.311 e. The van der Waals surface area contributed by atoms with Crippen LogP contribution in [0.15, 0.2) is 54.7 Å². The first kappa shape index (κ1) is 20.4. The average Bonchev–Trinajstić information content (AvgIpc) is 3.16. The standard InChI is InChI=1S/C19H13F6N3O/c1-28(17(29)13-10-26-27-16(13)19(23,24)25)15-9-5-3-7-12(15)11-6-2-4-8-14(11)18(20,21)22/h2-10H,1H3,(H,26,27). The maximum absolute atomic E-state index is 13.4. The lowest BCUT2D eigenvalue weighted by Crippen LogP contribution is -2.28. The Morgan fingerprint density at radius 3 is 2.10 bits per heavy atom. The fourth-order valence-electron chi connectivity index (χ4n) is 2.91. The van der Waals surface area contributed by atoms with Crippen LogP contribution in [0.2, 0.25) is 0 Å². The molecular formula is C19H13F6N3O. The highest BCUT2D eigenvalue weighted by atomic mass is 19.4. The molecule has 3 rings (SSSR count). The summed E-state index contributed by atoms with van der Waals surface area (Å²) in [5.41, 5.74) is -3.12. The number of hydrogen-bond donors (Lipinski definition) is 1. The van der Waals surface area contributed by atoms with Gasteiger partial charge >= 0.3 is 12.4 Å². The summed E-state index contributed by atoms with van der Waals surface area (Å²) < 4.78 is 79.5. The second-order valence-electron chi connectivity index (χ2n) is 6.08. The first-order valence-electron chi connectivity index (χ1n) is 8.16. The van der Waals surface area contributed by atoms with Crippen molar-refractivity contribution in [3.8, 4) is 11.1 Å². The van der Waals surface area contributed by atoms with Gasteiger partial charge in [-0.25, -0.2) is 0 Å². The molecule has 3 aromatic rings. The Morgan fingerprint density at radius 2 is 1.48 bits per heavy atom. The van der Waals surface area contributed by atoms with E-state index in [1.807, 2.05) is 0 Å². The number of nitrogens with zero attached hydrogens (tertiary/aromatic N) is 2. The van der Waals surface area contributed by atoms with E-state index in [0.29, 0.717) is 0 Å². The maximum Gasteiger partial charge on any atom is 0.433 e. The number of para-hydroxylation sites is 1. The summed E-state index contributed by atoms with van der Waals surface area (Å²) in [4.78, 5) is 13.5. The van der Waals surface area contributed by atoms with Crippen LogP contribution in [0.1, 0.15) is 21.6 Å². The van der Waals surface area contributed by atoms with Crippen LogP contribution in [0.5, 0.6) is 0 Å². The summed E-state index contributed by atoms with van der Waals surface area (Å²) in [6, 6.07) is 10.4.